The summed E-state index contributed by atoms with van der Waals surface area (Å²) < 4.78 is 0. The third-order valence-electron chi connectivity index (χ3n) is 3.35. The van der Waals surface area contributed by atoms with Crippen LogP contribution in [0.4, 0.5) is 0 Å². The van der Waals surface area contributed by atoms with Gasteiger partial charge in [0.1, 0.15) is 0 Å². The molecule has 0 unspecified atom stereocenters. The molecule has 0 saturated heterocycles. The predicted molar refractivity (Wildman–Crippen MR) is 70.5 cm³/mol. The molecule has 0 atom stereocenters. The average Bonchev–Trinajstić information content (AvgIpc) is 3.19. The Morgan fingerprint density at radius 3 is 2.76 bits per heavy atom. The normalized spacial score (nSPS) is 15.5. The number of hydrogen-bond donors (Lipinski definition) is 1. The van der Waals surface area contributed by atoms with Gasteiger partial charge in [-0.3, -0.25) is 9.88 Å². The maximum atomic E-state index is 5.57. The van der Waals surface area contributed by atoms with Gasteiger partial charge in [-0.05, 0) is 37.4 Å². The Morgan fingerprint density at radius 1 is 1.41 bits per heavy atom. The molecule has 0 radical (unpaired) electrons. The lowest BCUT2D eigenvalue weighted by atomic mass is 10.2. The standard InChI is InChI=1S/C14H23N3/c1-2-3-8-17(14-6-7-14)11-13-5-4-12(9-15)10-16-13/h4-5,10,14H,2-3,6-9,11,15H2,1H3. The minimum atomic E-state index is 0.579. The zero-order chi connectivity index (χ0) is 12.1. The second kappa shape index (κ2) is 6.12. The van der Waals surface area contributed by atoms with Gasteiger partial charge in [0.05, 0.1) is 5.69 Å². The Hall–Kier alpha value is -0.930. The van der Waals surface area contributed by atoms with E-state index in [0.29, 0.717) is 6.54 Å². The molecular weight excluding hydrogens is 210 g/mol. The summed E-state index contributed by atoms with van der Waals surface area (Å²) in [5.74, 6) is 0. The van der Waals surface area contributed by atoms with Crippen LogP contribution in [-0.2, 0) is 13.1 Å². The molecule has 94 valence electrons. The van der Waals surface area contributed by atoms with Crippen LogP contribution in [0, 0.1) is 0 Å². The van der Waals surface area contributed by atoms with Crippen LogP contribution in [0.25, 0.3) is 0 Å². The fraction of sp³-hybridized carbons (Fsp3) is 0.643. The van der Waals surface area contributed by atoms with Gasteiger partial charge in [0.15, 0.2) is 0 Å². The molecular formula is C14H23N3. The summed E-state index contributed by atoms with van der Waals surface area (Å²) in [6.07, 6.45) is 7.19. The number of hydrogen-bond acceptors (Lipinski definition) is 3. The van der Waals surface area contributed by atoms with Crippen LogP contribution in [-0.4, -0.2) is 22.5 Å². The number of rotatable bonds is 7. The Morgan fingerprint density at radius 2 is 2.24 bits per heavy atom. The van der Waals surface area contributed by atoms with Crippen molar-refractivity contribution in [3.63, 3.8) is 0 Å². The van der Waals surface area contributed by atoms with Crippen molar-refractivity contribution in [2.75, 3.05) is 6.54 Å². The van der Waals surface area contributed by atoms with Crippen molar-refractivity contribution >= 4 is 0 Å². The number of nitrogens with two attached hydrogens (primary N) is 1. The fourth-order valence-corrected chi connectivity index (χ4v) is 2.07. The molecule has 2 N–H and O–H groups in total. The molecule has 1 saturated carbocycles. The molecule has 0 spiro atoms. The van der Waals surface area contributed by atoms with Crippen LogP contribution in [0.5, 0.6) is 0 Å². The zero-order valence-corrected chi connectivity index (χ0v) is 10.7. The molecule has 1 aliphatic carbocycles. The molecule has 1 aromatic heterocycles. The van der Waals surface area contributed by atoms with Crippen LogP contribution < -0.4 is 5.73 Å². The first-order chi connectivity index (χ1) is 8.33. The van der Waals surface area contributed by atoms with Crippen LogP contribution in [0.2, 0.25) is 0 Å². The highest BCUT2D eigenvalue weighted by Gasteiger charge is 2.28. The van der Waals surface area contributed by atoms with Gasteiger partial charge in [-0.1, -0.05) is 19.4 Å². The summed E-state index contributed by atoms with van der Waals surface area (Å²) >= 11 is 0. The van der Waals surface area contributed by atoms with E-state index in [-0.39, 0.29) is 0 Å². The van der Waals surface area contributed by atoms with Crippen molar-refractivity contribution in [2.45, 2.75) is 51.7 Å². The first kappa shape index (κ1) is 12.5. The van der Waals surface area contributed by atoms with Gasteiger partial charge in [-0.15, -0.1) is 0 Å². The number of unbranched alkanes of at least 4 members (excludes halogenated alkanes) is 1. The average molecular weight is 233 g/mol. The zero-order valence-electron chi connectivity index (χ0n) is 10.7. The van der Waals surface area contributed by atoms with Crippen molar-refractivity contribution < 1.29 is 0 Å². The minimum Gasteiger partial charge on any atom is -0.326 e. The first-order valence-corrected chi connectivity index (χ1v) is 6.71. The summed E-state index contributed by atoms with van der Waals surface area (Å²) in [4.78, 5) is 7.06. The molecule has 1 aliphatic rings. The van der Waals surface area contributed by atoms with E-state index in [0.717, 1.165) is 18.2 Å². The molecule has 1 aromatic rings. The van der Waals surface area contributed by atoms with Crippen molar-refractivity contribution in [3.8, 4) is 0 Å². The minimum absolute atomic E-state index is 0.579. The Bertz CT molecular complexity index is 330. The highest BCUT2D eigenvalue weighted by molar-refractivity contribution is 5.14. The van der Waals surface area contributed by atoms with Crippen molar-refractivity contribution in [1.29, 1.82) is 0 Å². The number of nitrogens with zero attached hydrogens (tertiary/aromatic N) is 2. The summed E-state index contributed by atoms with van der Waals surface area (Å²) in [5, 5.41) is 0. The van der Waals surface area contributed by atoms with E-state index >= 15 is 0 Å². The summed E-state index contributed by atoms with van der Waals surface area (Å²) in [7, 11) is 0. The largest absolute Gasteiger partial charge is 0.326 e. The molecule has 0 aliphatic heterocycles. The van der Waals surface area contributed by atoms with Crippen molar-refractivity contribution in [1.82, 2.24) is 9.88 Å². The van der Waals surface area contributed by atoms with Gasteiger partial charge < -0.3 is 5.73 Å². The summed E-state index contributed by atoms with van der Waals surface area (Å²) in [6, 6.07) is 5.02. The third kappa shape index (κ3) is 3.79. The van der Waals surface area contributed by atoms with E-state index in [4.69, 9.17) is 5.73 Å². The topological polar surface area (TPSA) is 42.1 Å². The van der Waals surface area contributed by atoms with E-state index in [1.54, 1.807) is 0 Å². The monoisotopic (exact) mass is 233 g/mol. The fourth-order valence-electron chi connectivity index (χ4n) is 2.07. The maximum absolute atomic E-state index is 5.57. The second-order valence-corrected chi connectivity index (χ2v) is 4.92. The Labute approximate surface area is 104 Å². The van der Waals surface area contributed by atoms with Gasteiger partial charge in [0.25, 0.3) is 0 Å². The van der Waals surface area contributed by atoms with Gasteiger partial charge in [-0.2, -0.15) is 0 Å². The Balaban J connectivity index is 1.91. The van der Waals surface area contributed by atoms with Crippen LogP contribution >= 0.6 is 0 Å². The molecule has 0 amide bonds. The van der Waals surface area contributed by atoms with Gasteiger partial charge >= 0.3 is 0 Å². The summed E-state index contributed by atoms with van der Waals surface area (Å²) in [5.41, 5.74) is 7.86. The molecule has 0 bridgehead atoms. The van der Waals surface area contributed by atoms with E-state index in [1.807, 2.05) is 6.20 Å². The lowest BCUT2D eigenvalue weighted by molar-refractivity contribution is 0.248. The highest BCUT2D eigenvalue weighted by atomic mass is 15.2. The molecule has 1 fully saturated rings. The maximum Gasteiger partial charge on any atom is 0.0544 e. The first-order valence-electron chi connectivity index (χ1n) is 6.71. The van der Waals surface area contributed by atoms with Gasteiger partial charge in [-0.25, -0.2) is 0 Å². The van der Waals surface area contributed by atoms with Gasteiger partial charge in [0.2, 0.25) is 0 Å². The highest BCUT2D eigenvalue weighted by Crippen LogP contribution is 2.28. The molecule has 3 nitrogen and oxygen atoms in total. The van der Waals surface area contributed by atoms with Crippen molar-refractivity contribution in [3.05, 3.63) is 29.6 Å². The summed E-state index contributed by atoms with van der Waals surface area (Å²) in [6.45, 7) is 5.03. The van der Waals surface area contributed by atoms with E-state index in [9.17, 15) is 0 Å². The van der Waals surface area contributed by atoms with Crippen LogP contribution in [0.15, 0.2) is 18.3 Å². The van der Waals surface area contributed by atoms with Crippen LogP contribution in [0.1, 0.15) is 43.9 Å². The molecule has 17 heavy (non-hydrogen) atoms. The third-order valence-corrected chi connectivity index (χ3v) is 3.35. The second-order valence-electron chi connectivity index (χ2n) is 4.92. The molecule has 2 rings (SSSR count). The predicted octanol–water partition coefficient (Wildman–Crippen LogP) is 2.30. The quantitative estimate of drug-likeness (QED) is 0.786. The Kier molecular flexibility index (Phi) is 4.51. The molecule has 1 heterocycles. The number of pyridine rings is 1. The smallest absolute Gasteiger partial charge is 0.0544 e. The van der Waals surface area contributed by atoms with E-state index in [2.05, 4.69) is 28.9 Å². The van der Waals surface area contributed by atoms with Gasteiger partial charge in [0, 0.05) is 25.3 Å². The lowest BCUT2D eigenvalue weighted by Gasteiger charge is -2.21. The molecule has 3 heteroatoms. The van der Waals surface area contributed by atoms with Crippen molar-refractivity contribution in [2.24, 2.45) is 5.73 Å². The van der Waals surface area contributed by atoms with E-state index in [1.165, 1.54) is 37.9 Å². The SMILES string of the molecule is CCCCN(Cc1ccc(CN)cn1)C1CC1. The van der Waals surface area contributed by atoms with Crippen LogP contribution in [0.3, 0.4) is 0 Å². The molecule has 0 aromatic carbocycles. The lowest BCUT2D eigenvalue weighted by Crippen LogP contribution is -2.27. The van der Waals surface area contributed by atoms with E-state index < -0.39 is 0 Å². The number of aromatic nitrogens is 1.